The van der Waals surface area contributed by atoms with Crippen LogP contribution in [0, 0.1) is 0 Å². The monoisotopic (exact) mass is 310 g/mol. The second-order valence-electron chi connectivity index (χ2n) is 4.96. The summed E-state index contributed by atoms with van der Waals surface area (Å²) in [5, 5.41) is 10.1. The van der Waals surface area contributed by atoms with Gasteiger partial charge in [0.15, 0.2) is 0 Å². The summed E-state index contributed by atoms with van der Waals surface area (Å²) in [6.07, 6.45) is 1.36. The van der Waals surface area contributed by atoms with E-state index in [0.29, 0.717) is 17.3 Å². The fraction of sp³-hybridized carbons (Fsp3) is 0.438. The highest BCUT2D eigenvalue weighted by Gasteiger charge is 2.21. The molecule has 116 valence electrons. The molecule has 21 heavy (non-hydrogen) atoms. The third kappa shape index (κ3) is 6.23. The first-order valence-corrected chi connectivity index (χ1v) is 7.72. The summed E-state index contributed by atoms with van der Waals surface area (Å²) in [7, 11) is 1.62. The molecule has 1 N–H and O–H groups in total. The molecule has 0 saturated carbocycles. The first-order valence-electron chi connectivity index (χ1n) is 6.74. The zero-order chi connectivity index (χ0) is 15.9. The molecule has 1 rings (SSSR count). The number of ether oxygens (including phenoxy) is 2. The maximum atomic E-state index is 11.6. The van der Waals surface area contributed by atoms with Crippen molar-refractivity contribution in [2.45, 2.75) is 32.1 Å². The third-order valence-electron chi connectivity index (χ3n) is 2.69. The maximum absolute atomic E-state index is 11.6. The Bertz CT molecular complexity index is 486. The summed E-state index contributed by atoms with van der Waals surface area (Å²) in [5.74, 6) is 1.02. The molecular weight excluding hydrogens is 288 g/mol. The number of carbonyl (C=O) groups excluding carboxylic acids is 1. The fourth-order valence-electron chi connectivity index (χ4n) is 1.57. The molecule has 0 bridgehead atoms. The molecule has 1 aromatic carbocycles. The molecule has 0 spiro atoms. The minimum Gasteiger partial charge on any atom is -0.497 e. The SMILES string of the molecule is CCOC(=O)/C=C(\SCc1ccc(OC)cc1)C(C)(C)O. The zero-order valence-corrected chi connectivity index (χ0v) is 13.7. The molecule has 0 saturated heterocycles. The Kier molecular flexibility index (Phi) is 6.78. The number of hydrogen-bond donors (Lipinski definition) is 1. The molecule has 5 heteroatoms. The summed E-state index contributed by atoms with van der Waals surface area (Å²) in [6.45, 7) is 5.37. The molecule has 0 atom stereocenters. The van der Waals surface area contributed by atoms with Gasteiger partial charge in [-0.1, -0.05) is 12.1 Å². The Labute approximate surface area is 130 Å². The van der Waals surface area contributed by atoms with Crippen LogP contribution < -0.4 is 4.74 Å². The molecule has 0 radical (unpaired) electrons. The molecule has 0 aliphatic carbocycles. The predicted molar refractivity (Wildman–Crippen MR) is 85.3 cm³/mol. The van der Waals surface area contributed by atoms with E-state index in [0.717, 1.165) is 11.3 Å². The summed E-state index contributed by atoms with van der Waals surface area (Å²) in [5.41, 5.74) is 0.00369. The minimum atomic E-state index is -1.08. The van der Waals surface area contributed by atoms with Crippen LogP contribution in [0.5, 0.6) is 5.75 Å². The Morgan fingerprint density at radius 3 is 2.43 bits per heavy atom. The molecule has 4 nitrogen and oxygen atoms in total. The van der Waals surface area contributed by atoms with Crippen molar-refractivity contribution in [3.63, 3.8) is 0 Å². The van der Waals surface area contributed by atoms with Crippen LogP contribution in [-0.4, -0.2) is 30.4 Å². The van der Waals surface area contributed by atoms with Crippen LogP contribution in [0.25, 0.3) is 0 Å². The van der Waals surface area contributed by atoms with E-state index in [1.807, 2.05) is 24.3 Å². The number of thioether (sulfide) groups is 1. The van der Waals surface area contributed by atoms with Crippen LogP contribution in [0.3, 0.4) is 0 Å². The topological polar surface area (TPSA) is 55.8 Å². The van der Waals surface area contributed by atoms with Gasteiger partial charge in [-0.15, -0.1) is 11.8 Å². The van der Waals surface area contributed by atoms with E-state index in [9.17, 15) is 9.90 Å². The third-order valence-corrected chi connectivity index (χ3v) is 4.10. The number of hydrogen-bond acceptors (Lipinski definition) is 5. The van der Waals surface area contributed by atoms with E-state index in [2.05, 4.69) is 0 Å². The van der Waals surface area contributed by atoms with E-state index in [1.165, 1.54) is 17.8 Å². The van der Waals surface area contributed by atoms with E-state index >= 15 is 0 Å². The molecule has 0 heterocycles. The van der Waals surface area contributed by atoms with Gasteiger partial charge in [0.2, 0.25) is 0 Å². The normalized spacial score (nSPS) is 12.1. The number of aliphatic hydroxyl groups is 1. The minimum absolute atomic E-state index is 0.317. The van der Waals surface area contributed by atoms with Crippen molar-refractivity contribution in [3.05, 3.63) is 40.8 Å². The highest BCUT2D eigenvalue weighted by atomic mass is 32.2. The van der Waals surface area contributed by atoms with Gasteiger partial charge in [-0.05, 0) is 38.5 Å². The molecule has 0 aliphatic heterocycles. The Morgan fingerprint density at radius 2 is 1.95 bits per heavy atom. The number of methoxy groups -OCH3 is 1. The maximum Gasteiger partial charge on any atom is 0.331 e. The smallest absolute Gasteiger partial charge is 0.331 e. The standard InChI is InChI=1S/C16H22O4S/c1-5-20-15(17)10-14(16(2,3)18)21-11-12-6-8-13(19-4)9-7-12/h6-10,18H,5,11H2,1-4H3/b14-10-. The van der Waals surface area contributed by atoms with Crippen LogP contribution in [0.1, 0.15) is 26.3 Å². The van der Waals surface area contributed by atoms with Gasteiger partial charge in [0.25, 0.3) is 0 Å². The van der Waals surface area contributed by atoms with Crippen molar-refractivity contribution in [2.24, 2.45) is 0 Å². The van der Waals surface area contributed by atoms with Gasteiger partial charge >= 0.3 is 5.97 Å². The van der Waals surface area contributed by atoms with Gasteiger partial charge in [-0.3, -0.25) is 0 Å². The van der Waals surface area contributed by atoms with Crippen molar-refractivity contribution in [3.8, 4) is 5.75 Å². The largest absolute Gasteiger partial charge is 0.497 e. The van der Waals surface area contributed by atoms with Gasteiger partial charge in [0, 0.05) is 16.7 Å². The van der Waals surface area contributed by atoms with E-state index in [4.69, 9.17) is 9.47 Å². The number of benzene rings is 1. The lowest BCUT2D eigenvalue weighted by Crippen LogP contribution is -2.21. The van der Waals surface area contributed by atoms with Crippen LogP contribution in [0.2, 0.25) is 0 Å². The molecule has 0 fully saturated rings. The highest BCUT2D eigenvalue weighted by molar-refractivity contribution is 8.02. The molecule has 0 aliphatic rings. The molecule has 0 aromatic heterocycles. The second-order valence-corrected chi connectivity index (χ2v) is 5.97. The fourth-order valence-corrected chi connectivity index (χ4v) is 2.62. The molecular formula is C16H22O4S. The van der Waals surface area contributed by atoms with Gasteiger partial charge in [-0.25, -0.2) is 4.79 Å². The molecule has 0 unspecified atom stereocenters. The summed E-state index contributed by atoms with van der Waals surface area (Å²) in [6, 6.07) is 7.68. The van der Waals surface area contributed by atoms with Crippen molar-refractivity contribution in [1.29, 1.82) is 0 Å². The van der Waals surface area contributed by atoms with Crippen molar-refractivity contribution in [1.82, 2.24) is 0 Å². The van der Waals surface area contributed by atoms with Gasteiger partial charge in [-0.2, -0.15) is 0 Å². The van der Waals surface area contributed by atoms with E-state index < -0.39 is 11.6 Å². The van der Waals surface area contributed by atoms with Gasteiger partial charge < -0.3 is 14.6 Å². The van der Waals surface area contributed by atoms with Gasteiger partial charge in [0.05, 0.1) is 19.3 Å². The Morgan fingerprint density at radius 1 is 1.33 bits per heavy atom. The second kappa shape index (κ2) is 8.10. The number of esters is 1. The van der Waals surface area contributed by atoms with Crippen molar-refractivity contribution in [2.75, 3.05) is 13.7 Å². The van der Waals surface area contributed by atoms with Crippen molar-refractivity contribution >= 4 is 17.7 Å². The van der Waals surface area contributed by atoms with Crippen molar-refractivity contribution < 1.29 is 19.4 Å². The van der Waals surface area contributed by atoms with Crippen LogP contribution in [0.15, 0.2) is 35.2 Å². The zero-order valence-electron chi connectivity index (χ0n) is 12.9. The lowest BCUT2D eigenvalue weighted by Gasteiger charge is -2.21. The molecule has 0 amide bonds. The highest BCUT2D eigenvalue weighted by Crippen LogP contribution is 2.31. The van der Waals surface area contributed by atoms with E-state index in [1.54, 1.807) is 27.9 Å². The predicted octanol–water partition coefficient (Wildman–Crippen LogP) is 3.15. The number of carbonyl (C=O) groups is 1. The lowest BCUT2D eigenvalue weighted by molar-refractivity contribution is -0.137. The molecule has 1 aromatic rings. The van der Waals surface area contributed by atoms with Crippen LogP contribution in [0.4, 0.5) is 0 Å². The first-order chi connectivity index (χ1) is 9.86. The number of rotatable bonds is 7. The average Bonchev–Trinajstić information content (AvgIpc) is 2.43. The summed E-state index contributed by atoms with van der Waals surface area (Å²) < 4.78 is 10.0. The van der Waals surface area contributed by atoms with Crippen LogP contribution in [-0.2, 0) is 15.3 Å². The lowest BCUT2D eigenvalue weighted by atomic mass is 10.1. The average molecular weight is 310 g/mol. The Balaban J connectivity index is 2.75. The Hall–Kier alpha value is -1.46. The first kappa shape index (κ1) is 17.6. The quantitative estimate of drug-likeness (QED) is 0.619. The summed E-state index contributed by atoms with van der Waals surface area (Å²) >= 11 is 1.42. The van der Waals surface area contributed by atoms with E-state index in [-0.39, 0.29) is 0 Å². The summed E-state index contributed by atoms with van der Waals surface area (Å²) in [4.78, 5) is 12.1. The van der Waals surface area contributed by atoms with Gasteiger partial charge in [0.1, 0.15) is 5.75 Å². The van der Waals surface area contributed by atoms with Crippen LogP contribution >= 0.6 is 11.8 Å².